The lowest BCUT2D eigenvalue weighted by molar-refractivity contribution is 0.472. The molecule has 0 bridgehead atoms. The van der Waals surface area contributed by atoms with Gasteiger partial charge in [-0.25, -0.2) is 0 Å². The van der Waals surface area contributed by atoms with Crippen molar-refractivity contribution >= 4 is 17.2 Å². The number of nitrogens with zero attached hydrogens (tertiary/aromatic N) is 3. The maximum atomic E-state index is 12.2. The third kappa shape index (κ3) is 2.96. The predicted molar refractivity (Wildman–Crippen MR) is 82.9 cm³/mol. The summed E-state index contributed by atoms with van der Waals surface area (Å²) in [7, 11) is 0. The fourth-order valence-electron chi connectivity index (χ4n) is 1.92. The SMILES string of the molecule is CCC(C)n1ccc(Cn2cccc(C(N)=S)c2=O)n1. The fourth-order valence-corrected chi connectivity index (χ4v) is 2.07. The predicted octanol–water partition coefficient (Wildman–Crippen LogP) is 1.70. The molecule has 2 aromatic rings. The largest absolute Gasteiger partial charge is 0.389 e. The minimum absolute atomic E-state index is 0.120. The molecule has 0 spiro atoms. The van der Waals surface area contributed by atoms with Crippen LogP contribution in [0.15, 0.2) is 35.4 Å². The molecule has 0 aliphatic heterocycles. The van der Waals surface area contributed by atoms with Crippen LogP contribution in [0.25, 0.3) is 0 Å². The summed E-state index contributed by atoms with van der Waals surface area (Å²) < 4.78 is 3.48. The minimum Gasteiger partial charge on any atom is -0.389 e. The summed E-state index contributed by atoms with van der Waals surface area (Å²) >= 11 is 4.87. The summed E-state index contributed by atoms with van der Waals surface area (Å²) in [4.78, 5) is 12.3. The van der Waals surface area contributed by atoms with E-state index in [-0.39, 0.29) is 10.5 Å². The van der Waals surface area contributed by atoms with Crippen molar-refractivity contribution in [2.75, 3.05) is 0 Å². The van der Waals surface area contributed by atoms with Gasteiger partial charge in [-0.15, -0.1) is 0 Å². The van der Waals surface area contributed by atoms with Gasteiger partial charge in [0.2, 0.25) is 0 Å². The van der Waals surface area contributed by atoms with E-state index in [2.05, 4.69) is 18.9 Å². The monoisotopic (exact) mass is 290 g/mol. The number of aromatic nitrogens is 3. The van der Waals surface area contributed by atoms with Crippen LogP contribution >= 0.6 is 12.2 Å². The highest BCUT2D eigenvalue weighted by Crippen LogP contribution is 2.09. The summed E-state index contributed by atoms with van der Waals surface area (Å²) in [6.07, 6.45) is 4.66. The Kier molecular flexibility index (Phi) is 4.34. The van der Waals surface area contributed by atoms with Crippen molar-refractivity contribution in [3.05, 3.63) is 52.2 Å². The van der Waals surface area contributed by atoms with E-state index in [4.69, 9.17) is 18.0 Å². The van der Waals surface area contributed by atoms with Crippen molar-refractivity contribution < 1.29 is 0 Å². The topological polar surface area (TPSA) is 65.8 Å². The van der Waals surface area contributed by atoms with Crippen LogP contribution < -0.4 is 11.3 Å². The van der Waals surface area contributed by atoms with Crippen LogP contribution in [0.4, 0.5) is 0 Å². The first-order valence-electron chi connectivity index (χ1n) is 6.56. The van der Waals surface area contributed by atoms with E-state index in [1.807, 2.05) is 16.9 Å². The third-order valence-corrected chi connectivity index (χ3v) is 3.54. The molecule has 5 nitrogen and oxygen atoms in total. The number of hydrogen-bond donors (Lipinski definition) is 1. The van der Waals surface area contributed by atoms with Gasteiger partial charge in [0.25, 0.3) is 5.56 Å². The first kappa shape index (κ1) is 14.5. The lowest BCUT2D eigenvalue weighted by atomic mass is 10.2. The zero-order valence-corrected chi connectivity index (χ0v) is 12.4. The molecule has 2 N–H and O–H groups in total. The second-order valence-electron chi connectivity index (χ2n) is 4.76. The van der Waals surface area contributed by atoms with Crippen LogP contribution in [-0.2, 0) is 6.54 Å². The molecule has 20 heavy (non-hydrogen) atoms. The molecular formula is C14H18N4OS. The quantitative estimate of drug-likeness (QED) is 0.851. The first-order valence-corrected chi connectivity index (χ1v) is 6.97. The number of pyridine rings is 1. The molecule has 1 unspecified atom stereocenters. The molecule has 0 saturated carbocycles. The summed E-state index contributed by atoms with van der Waals surface area (Å²) in [5, 5.41) is 4.48. The molecule has 106 valence electrons. The zero-order chi connectivity index (χ0) is 14.7. The van der Waals surface area contributed by atoms with E-state index in [9.17, 15) is 4.79 Å². The number of rotatable bonds is 5. The van der Waals surface area contributed by atoms with E-state index in [0.717, 1.165) is 12.1 Å². The van der Waals surface area contributed by atoms with Gasteiger partial charge in [-0.1, -0.05) is 19.1 Å². The highest BCUT2D eigenvalue weighted by molar-refractivity contribution is 7.80. The van der Waals surface area contributed by atoms with Gasteiger partial charge in [0.1, 0.15) is 4.99 Å². The van der Waals surface area contributed by atoms with Gasteiger partial charge in [0, 0.05) is 18.4 Å². The standard InChI is InChI=1S/C14H18N4OS/c1-3-10(2)18-8-6-11(16-18)9-17-7-4-5-12(13(15)20)14(17)19/h4-8,10H,3,9H2,1-2H3,(H2,15,20). The van der Waals surface area contributed by atoms with E-state index in [0.29, 0.717) is 18.2 Å². The van der Waals surface area contributed by atoms with Crippen LogP contribution in [0.3, 0.4) is 0 Å². The summed E-state index contributed by atoms with van der Waals surface area (Å²) in [5.41, 5.74) is 6.56. The minimum atomic E-state index is -0.182. The maximum absolute atomic E-state index is 12.2. The molecule has 1 atom stereocenters. The van der Waals surface area contributed by atoms with E-state index in [1.54, 1.807) is 22.9 Å². The van der Waals surface area contributed by atoms with Gasteiger partial charge in [-0.05, 0) is 31.5 Å². The molecule has 6 heteroatoms. The summed E-state index contributed by atoms with van der Waals surface area (Å²) in [6.45, 7) is 4.64. The lowest BCUT2D eigenvalue weighted by Crippen LogP contribution is -2.28. The normalized spacial score (nSPS) is 12.3. The molecule has 2 rings (SSSR count). The number of thiocarbonyl (C=S) groups is 1. The Bertz CT molecular complexity index is 674. The Morgan fingerprint density at radius 2 is 2.20 bits per heavy atom. The lowest BCUT2D eigenvalue weighted by Gasteiger charge is -2.09. The van der Waals surface area contributed by atoms with Gasteiger partial charge < -0.3 is 10.3 Å². The molecule has 0 amide bonds. The molecule has 0 saturated heterocycles. The zero-order valence-electron chi connectivity index (χ0n) is 11.6. The van der Waals surface area contributed by atoms with Gasteiger partial charge in [0.05, 0.1) is 17.8 Å². The second kappa shape index (κ2) is 6.00. The molecule has 0 radical (unpaired) electrons. The fraction of sp³-hybridized carbons (Fsp3) is 0.357. The third-order valence-electron chi connectivity index (χ3n) is 3.32. The highest BCUT2D eigenvalue weighted by Gasteiger charge is 2.08. The maximum Gasteiger partial charge on any atom is 0.261 e. The summed E-state index contributed by atoms with van der Waals surface area (Å²) in [5.74, 6) is 0. The molecule has 0 fully saturated rings. The Morgan fingerprint density at radius 1 is 1.45 bits per heavy atom. The molecule has 0 aromatic carbocycles. The summed E-state index contributed by atoms with van der Waals surface area (Å²) in [6, 6.07) is 5.68. The molecule has 2 aromatic heterocycles. The average molecular weight is 290 g/mol. The van der Waals surface area contributed by atoms with Crippen LogP contribution in [0.1, 0.15) is 37.6 Å². The smallest absolute Gasteiger partial charge is 0.261 e. The van der Waals surface area contributed by atoms with Gasteiger partial charge >= 0.3 is 0 Å². The van der Waals surface area contributed by atoms with E-state index in [1.165, 1.54) is 0 Å². The van der Waals surface area contributed by atoms with Crippen molar-refractivity contribution in [1.82, 2.24) is 14.3 Å². The highest BCUT2D eigenvalue weighted by atomic mass is 32.1. The second-order valence-corrected chi connectivity index (χ2v) is 5.20. The Balaban J connectivity index is 2.27. The Hall–Kier alpha value is -1.95. The van der Waals surface area contributed by atoms with Crippen LogP contribution in [0.5, 0.6) is 0 Å². The Morgan fingerprint density at radius 3 is 2.85 bits per heavy atom. The van der Waals surface area contributed by atoms with Crippen molar-refractivity contribution in [3.8, 4) is 0 Å². The molecule has 0 aliphatic carbocycles. The van der Waals surface area contributed by atoms with Crippen molar-refractivity contribution in [1.29, 1.82) is 0 Å². The Labute approximate surface area is 123 Å². The van der Waals surface area contributed by atoms with Crippen molar-refractivity contribution in [2.45, 2.75) is 32.9 Å². The van der Waals surface area contributed by atoms with Crippen LogP contribution in [0.2, 0.25) is 0 Å². The van der Waals surface area contributed by atoms with Crippen LogP contribution in [0, 0.1) is 0 Å². The van der Waals surface area contributed by atoms with Gasteiger partial charge in [-0.2, -0.15) is 5.10 Å². The van der Waals surface area contributed by atoms with E-state index < -0.39 is 0 Å². The average Bonchev–Trinajstić information content (AvgIpc) is 2.88. The molecule has 0 aliphatic rings. The number of nitrogens with two attached hydrogens (primary N) is 1. The van der Waals surface area contributed by atoms with Crippen molar-refractivity contribution in [3.63, 3.8) is 0 Å². The van der Waals surface area contributed by atoms with Gasteiger partial charge in [-0.3, -0.25) is 9.48 Å². The first-order chi connectivity index (χ1) is 9.52. The number of hydrogen-bond acceptors (Lipinski definition) is 3. The van der Waals surface area contributed by atoms with Crippen molar-refractivity contribution in [2.24, 2.45) is 5.73 Å². The van der Waals surface area contributed by atoms with E-state index >= 15 is 0 Å². The van der Waals surface area contributed by atoms with Crippen LogP contribution in [-0.4, -0.2) is 19.3 Å². The molecular weight excluding hydrogens is 272 g/mol. The molecule has 2 heterocycles. The van der Waals surface area contributed by atoms with Gasteiger partial charge in [0.15, 0.2) is 0 Å².